The quantitative estimate of drug-likeness (QED) is 0.277. The summed E-state index contributed by atoms with van der Waals surface area (Å²) in [7, 11) is 0. The number of oxime groups is 1. The maximum atomic E-state index is 10.8. The van der Waals surface area contributed by atoms with E-state index in [2.05, 4.69) is 12.1 Å². The zero-order valence-corrected chi connectivity index (χ0v) is 7.62. The average molecular weight is 171 g/mol. The molecule has 0 aromatic carbocycles. The van der Waals surface area contributed by atoms with Gasteiger partial charge in [0.05, 0.1) is 0 Å². The third-order valence-electron chi connectivity index (χ3n) is 1.73. The van der Waals surface area contributed by atoms with Gasteiger partial charge in [0.25, 0.3) is 0 Å². The molecule has 0 aliphatic carbocycles. The Labute approximate surface area is 73.5 Å². The van der Waals surface area contributed by atoms with Gasteiger partial charge >= 0.3 is 0 Å². The minimum atomic E-state index is -0.0889. The van der Waals surface area contributed by atoms with Crippen LogP contribution >= 0.6 is 0 Å². The number of nitrogens with zero attached hydrogens (tertiary/aromatic N) is 1. The number of ketones is 1. The SMILES string of the molecule is CCCCCCCC(=O)C=NO. The maximum Gasteiger partial charge on any atom is 0.177 e. The molecule has 0 fully saturated rings. The lowest BCUT2D eigenvalue weighted by Crippen LogP contribution is -1.98. The molecular formula is C9H17NO2. The number of Topliss-reactive ketones (excluding diaryl/α,β-unsaturated/α-hetero) is 1. The van der Waals surface area contributed by atoms with Crippen LogP contribution in [0, 0.1) is 0 Å². The molecule has 0 aliphatic rings. The minimum absolute atomic E-state index is 0.0889. The Morgan fingerprint density at radius 2 is 2.00 bits per heavy atom. The Morgan fingerprint density at radius 3 is 2.58 bits per heavy atom. The molecule has 0 aromatic rings. The molecule has 0 rings (SSSR count). The van der Waals surface area contributed by atoms with E-state index in [4.69, 9.17) is 5.21 Å². The molecule has 70 valence electrons. The molecule has 1 N–H and O–H groups in total. The Morgan fingerprint density at radius 1 is 1.33 bits per heavy atom. The van der Waals surface area contributed by atoms with Crippen LogP contribution in [-0.2, 0) is 4.79 Å². The zero-order chi connectivity index (χ0) is 9.23. The van der Waals surface area contributed by atoms with Crippen LogP contribution in [0.15, 0.2) is 5.16 Å². The molecule has 0 radical (unpaired) electrons. The number of carbonyl (C=O) groups is 1. The molecule has 0 amide bonds. The molecule has 0 unspecified atom stereocenters. The van der Waals surface area contributed by atoms with Gasteiger partial charge in [-0.25, -0.2) is 0 Å². The summed E-state index contributed by atoms with van der Waals surface area (Å²) in [6.45, 7) is 2.16. The second-order valence-corrected chi connectivity index (χ2v) is 2.88. The van der Waals surface area contributed by atoms with Gasteiger partial charge in [0, 0.05) is 6.42 Å². The summed E-state index contributed by atoms with van der Waals surface area (Å²) in [6, 6.07) is 0. The lowest BCUT2D eigenvalue weighted by Gasteiger charge is -1.96. The standard InChI is InChI=1S/C9H17NO2/c1-2-3-4-5-6-7-9(11)8-10-12/h8,12H,2-7H2,1H3. The van der Waals surface area contributed by atoms with Gasteiger partial charge in [0.1, 0.15) is 6.21 Å². The van der Waals surface area contributed by atoms with Crippen LogP contribution in [0.1, 0.15) is 45.4 Å². The third kappa shape index (κ3) is 7.25. The van der Waals surface area contributed by atoms with E-state index < -0.39 is 0 Å². The van der Waals surface area contributed by atoms with E-state index in [1.807, 2.05) is 0 Å². The van der Waals surface area contributed by atoms with Gasteiger partial charge in [0.15, 0.2) is 5.78 Å². The second kappa shape index (κ2) is 8.24. The zero-order valence-electron chi connectivity index (χ0n) is 7.62. The first kappa shape index (κ1) is 11.1. The maximum absolute atomic E-state index is 10.8. The summed E-state index contributed by atoms with van der Waals surface area (Å²) in [6.07, 6.45) is 7.13. The van der Waals surface area contributed by atoms with Crippen LogP contribution in [0.25, 0.3) is 0 Å². The van der Waals surface area contributed by atoms with E-state index in [-0.39, 0.29) is 5.78 Å². The lowest BCUT2D eigenvalue weighted by atomic mass is 10.1. The summed E-state index contributed by atoms with van der Waals surface area (Å²) >= 11 is 0. The molecular weight excluding hydrogens is 154 g/mol. The third-order valence-corrected chi connectivity index (χ3v) is 1.73. The molecule has 0 saturated carbocycles. The molecule has 0 spiro atoms. The smallest absolute Gasteiger partial charge is 0.177 e. The Hall–Kier alpha value is -0.860. The van der Waals surface area contributed by atoms with Crippen molar-refractivity contribution in [1.29, 1.82) is 0 Å². The topological polar surface area (TPSA) is 49.7 Å². The van der Waals surface area contributed by atoms with Crippen molar-refractivity contribution in [2.24, 2.45) is 5.16 Å². The summed E-state index contributed by atoms with van der Waals surface area (Å²) < 4.78 is 0. The summed E-state index contributed by atoms with van der Waals surface area (Å²) in [4.78, 5) is 10.8. The van der Waals surface area contributed by atoms with E-state index in [9.17, 15) is 4.79 Å². The van der Waals surface area contributed by atoms with Crippen molar-refractivity contribution in [1.82, 2.24) is 0 Å². The van der Waals surface area contributed by atoms with Crippen molar-refractivity contribution in [3.63, 3.8) is 0 Å². The van der Waals surface area contributed by atoms with Gasteiger partial charge in [-0.2, -0.15) is 0 Å². The van der Waals surface area contributed by atoms with Gasteiger partial charge in [-0.15, -0.1) is 0 Å². The Balaban J connectivity index is 3.14. The first-order valence-electron chi connectivity index (χ1n) is 4.51. The summed E-state index contributed by atoms with van der Waals surface area (Å²) in [5.41, 5.74) is 0. The van der Waals surface area contributed by atoms with E-state index >= 15 is 0 Å². The first-order chi connectivity index (χ1) is 5.81. The predicted octanol–water partition coefficient (Wildman–Crippen LogP) is 2.38. The molecule has 3 heteroatoms. The van der Waals surface area contributed by atoms with Crippen molar-refractivity contribution in [2.45, 2.75) is 45.4 Å². The molecule has 0 saturated heterocycles. The monoisotopic (exact) mass is 171 g/mol. The fourth-order valence-electron chi connectivity index (χ4n) is 1.03. The van der Waals surface area contributed by atoms with Crippen molar-refractivity contribution < 1.29 is 10.0 Å². The number of hydrogen-bond donors (Lipinski definition) is 1. The van der Waals surface area contributed by atoms with Crippen LogP contribution in [0.2, 0.25) is 0 Å². The highest BCUT2D eigenvalue weighted by atomic mass is 16.4. The number of rotatable bonds is 7. The van der Waals surface area contributed by atoms with Crippen molar-refractivity contribution >= 4 is 12.0 Å². The van der Waals surface area contributed by atoms with E-state index in [0.29, 0.717) is 6.42 Å². The molecule has 0 aliphatic heterocycles. The first-order valence-corrected chi connectivity index (χ1v) is 4.51. The van der Waals surface area contributed by atoms with Gasteiger partial charge in [-0.3, -0.25) is 4.79 Å². The van der Waals surface area contributed by atoms with Crippen molar-refractivity contribution in [2.75, 3.05) is 0 Å². The summed E-state index contributed by atoms with van der Waals surface area (Å²) in [5, 5.41) is 10.7. The highest BCUT2D eigenvalue weighted by Gasteiger charge is 1.96. The van der Waals surface area contributed by atoms with E-state index in [1.165, 1.54) is 19.3 Å². The fourth-order valence-corrected chi connectivity index (χ4v) is 1.03. The molecule has 0 aromatic heterocycles. The van der Waals surface area contributed by atoms with Crippen LogP contribution in [0.3, 0.4) is 0 Å². The van der Waals surface area contributed by atoms with Gasteiger partial charge in [0.2, 0.25) is 0 Å². The van der Waals surface area contributed by atoms with Gasteiger partial charge in [-0.05, 0) is 6.42 Å². The summed E-state index contributed by atoms with van der Waals surface area (Å²) in [5.74, 6) is -0.0889. The lowest BCUT2D eigenvalue weighted by molar-refractivity contribution is -0.112. The van der Waals surface area contributed by atoms with Gasteiger partial charge < -0.3 is 5.21 Å². The molecule has 3 nitrogen and oxygen atoms in total. The Bertz CT molecular complexity index is 143. The minimum Gasteiger partial charge on any atom is -0.411 e. The van der Waals surface area contributed by atoms with E-state index in [1.54, 1.807) is 0 Å². The largest absolute Gasteiger partial charge is 0.411 e. The number of unbranched alkanes of at least 4 members (excludes halogenated alkanes) is 4. The average Bonchev–Trinajstić information content (AvgIpc) is 2.05. The van der Waals surface area contributed by atoms with Crippen molar-refractivity contribution in [3.8, 4) is 0 Å². The Kier molecular flexibility index (Phi) is 7.65. The van der Waals surface area contributed by atoms with Crippen LogP contribution in [0.5, 0.6) is 0 Å². The molecule has 12 heavy (non-hydrogen) atoms. The van der Waals surface area contributed by atoms with Crippen LogP contribution in [-0.4, -0.2) is 17.2 Å². The number of carbonyl (C=O) groups excluding carboxylic acids is 1. The second-order valence-electron chi connectivity index (χ2n) is 2.88. The highest BCUT2D eigenvalue weighted by molar-refractivity contribution is 6.27. The predicted molar refractivity (Wildman–Crippen MR) is 48.7 cm³/mol. The van der Waals surface area contributed by atoms with Crippen LogP contribution in [0.4, 0.5) is 0 Å². The highest BCUT2D eigenvalue weighted by Crippen LogP contribution is 2.04. The normalized spacial score (nSPS) is 10.8. The fraction of sp³-hybridized carbons (Fsp3) is 0.778. The number of hydrogen-bond acceptors (Lipinski definition) is 3. The van der Waals surface area contributed by atoms with E-state index in [0.717, 1.165) is 19.1 Å². The molecule has 0 heterocycles. The molecule has 0 bridgehead atoms. The van der Waals surface area contributed by atoms with Gasteiger partial charge in [-0.1, -0.05) is 37.8 Å². The van der Waals surface area contributed by atoms with Crippen LogP contribution < -0.4 is 0 Å². The molecule has 0 atom stereocenters. The van der Waals surface area contributed by atoms with Crippen molar-refractivity contribution in [3.05, 3.63) is 0 Å².